The van der Waals surface area contributed by atoms with E-state index in [9.17, 15) is 13.2 Å². The average molecular weight is 371 g/mol. The molecule has 23 heavy (non-hydrogen) atoms. The van der Waals surface area contributed by atoms with Crippen LogP contribution in [-0.4, -0.2) is 20.7 Å². The highest BCUT2D eigenvalue weighted by Crippen LogP contribution is 2.34. The van der Waals surface area contributed by atoms with E-state index in [4.69, 9.17) is 29.6 Å². The predicted octanol–water partition coefficient (Wildman–Crippen LogP) is 4.14. The maximum atomic E-state index is 12.9. The van der Waals surface area contributed by atoms with Gasteiger partial charge in [-0.1, -0.05) is 16.8 Å². The van der Waals surface area contributed by atoms with E-state index in [0.29, 0.717) is 12.5 Å². The van der Waals surface area contributed by atoms with Gasteiger partial charge in [-0.2, -0.15) is 26.4 Å². The highest BCUT2D eigenvalue weighted by molar-refractivity contribution is 7.60. The molecule has 128 valence electrons. The summed E-state index contributed by atoms with van der Waals surface area (Å²) in [5.41, 5.74) is -0.626. The van der Waals surface area contributed by atoms with Crippen LogP contribution in [0, 0.1) is 10.7 Å². The van der Waals surface area contributed by atoms with Crippen LogP contribution in [0.15, 0.2) is 23.4 Å². The first-order valence-electron chi connectivity index (χ1n) is 6.45. The molecule has 0 amide bonds. The van der Waals surface area contributed by atoms with Crippen LogP contribution in [0.1, 0.15) is 30.9 Å². The number of benzene rings is 1. The maximum Gasteiger partial charge on any atom is 0.417 e. The minimum atomic E-state index is -4.44. The lowest BCUT2D eigenvalue weighted by Crippen LogP contribution is -2.12. The topological polar surface area (TPSA) is 79.6 Å². The van der Waals surface area contributed by atoms with Crippen LogP contribution in [0.3, 0.4) is 0 Å². The maximum absolute atomic E-state index is 12.9. The van der Waals surface area contributed by atoms with Gasteiger partial charge in [-0.05, 0) is 43.9 Å². The van der Waals surface area contributed by atoms with E-state index >= 15 is 0 Å². The lowest BCUT2D eigenvalue weighted by molar-refractivity contribution is -0.137. The Balaban J connectivity index is 0.000000593. The van der Waals surface area contributed by atoms with E-state index in [2.05, 4.69) is 5.16 Å². The van der Waals surface area contributed by atoms with Gasteiger partial charge in [0.25, 0.3) is 0 Å². The molecule has 0 saturated heterocycles. The van der Waals surface area contributed by atoms with Crippen LogP contribution < -0.4 is 0 Å². The van der Waals surface area contributed by atoms with E-state index in [1.807, 2.05) is 0 Å². The first-order valence-corrected chi connectivity index (χ1v) is 7.90. The Bertz CT molecular complexity index is 679. The van der Waals surface area contributed by atoms with Gasteiger partial charge in [0.1, 0.15) is 6.61 Å². The van der Waals surface area contributed by atoms with Crippen molar-refractivity contribution in [2.45, 2.75) is 25.9 Å². The number of alkyl halides is 3. The second-order valence-electron chi connectivity index (χ2n) is 4.84. The van der Waals surface area contributed by atoms with Gasteiger partial charge in [0.2, 0.25) is 0 Å². The quantitative estimate of drug-likeness (QED) is 0.639. The second kappa shape index (κ2) is 8.30. The molecule has 1 N–H and O–H groups in total. The summed E-state index contributed by atoms with van der Waals surface area (Å²) in [6.45, 7) is 1.94. The van der Waals surface area contributed by atoms with Crippen molar-refractivity contribution in [3.05, 3.63) is 34.3 Å². The van der Waals surface area contributed by atoms with Crippen LogP contribution in [0.5, 0.6) is 0 Å². The van der Waals surface area contributed by atoms with Crippen molar-refractivity contribution in [3.8, 4) is 0 Å². The fourth-order valence-corrected chi connectivity index (χ4v) is 1.81. The highest BCUT2D eigenvalue weighted by Gasteiger charge is 2.34. The van der Waals surface area contributed by atoms with Crippen molar-refractivity contribution in [2.24, 2.45) is 11.1 Å². The largest absolute Gasteiger partial charge is 0.417 e. The number of rotatable bonds is 4. The van der Waals surface area contributed by atoms with E-state index in [-0.39, 0.29) is 16.3 Å². The number of hydrogen-bond donors (Lipinski definition) is 1. The third kappa shape index (κ3) is 7.47. The van der Waals surface area contributed by atoms with Crippen molar-refractivity contribution >= 4 is 27.8 Å². The summed E-state index contributed by atoms with van der Waals surface area (Å²) in [4.78, 5) is 5.06. The molecule has 1 aromatic carbocycles. The fourth-order valence-electron chi connectivity index (χ4n) is 1.64. The minimum Gasteiger partial charge on any atom is -0.395 e. The lowest BCUT2D eigenvalue weighted by Gasteiger charge is -2.12. The number of hydrogen-bond acceptors (Lipinski definition) is 5. The monoisotopic (exact) mass is 370 g/mol. The first kappa shape index (κ1) is 19.4. The van der Waals surface area contributed by atoms with Crippen molar-refractivity contribution in [1.82, 2.24) is 0 Å². The number of nitrogens with zero attached hydrogens (tertiary/aromatic N) is 1. The van der Waals surface area contributed by atoms with Gasteiger partial charge < -0.3 is 4.84 Å². The zero-order valence-electron chi connectivity index (χ0n) is 12.0. The Morgan fingerprint density at radius 3 is 2.48 bits per heavy atom. The summed E-state index contributed by atoms with van der Waals surface area (Å²) in [6.07, 6.45) is -2.24. The molecule has 1 saturated carbocycles. The molecule has 1 aliphatic carbocycles. The summed E-state index contributed by atoms with van der Waals surface area (Å²) >= 11 is 5.74. The summed E-state index contributed by atoms with van der Waals surface area (Å²) in [5, 5.41) is 3.98. The van der Waals surface area contributed by atoms with Crippen molar-refractivity contribution in [1.29, 1.82) is 4.78 Å². The number of nitrogens with one attached hydrogen (secondary N) is 1. The molecule has 0 atom stereocenters. The number of halogens is 4. The second-order valence-corrected chi connectivity index (χ2v) is 5.74. The van der Waals surface area contributed by atoms with Gasteiger partial charge in [-0.15, -0.1) is 0 Å². The van der Waals surface area contributed by atoms with Crippen LogP contribution in [0.2, 0.25) is 5.02 Å². The molecule has 1 aliphatic rings. The molecule has 5 nitrogen and oxygen atoms in total. The molecule has 0 aliphatic heterocycles. The van der Waals surface area contributed by atoms with Gasteiger partial charge in [0.15, 0.2) is 0 Å². The third-order valence-electron chi connectivity index (χ3n) is 2.89. The Kier molecular flexibility index (Phi) is 7.01. The predicted molar refractivity (Wildman–Crippen MR) is 79.0 cm³/mol. The van der Waals surface area contributed by atoms with Crippen LogP contribution in [0.4, 0.5) is 13.2 Å². The molecular weight excluding hydrogens is 357 g/mol. The highest BCUT2D eigenvalue weighted by atomic mass is 35.5. The normalized spacial score (nSPS) is 14.7. The third-order valence-corrected chi connectivity index (χ3v) is 3.12. The van der Waals surface area contributed by atoms with Crippen LogP contribution in [0.25, 0.3) is 0 Å². The number of oxime groups is 1. The average Bonchev–Trinajstić information content (AvgIpc) is 3.20. The Morgan fingerprint density at radius 1 is 1.43 bits per heavy atom. The van der Waals surface area contributed by atoms with Crippen molar-refractivity contribution in [3.63, 3.8) is 0 Å². The van der Waals surface area contributed by atoms with Gasteiger partial charge in [0.05, 0.1) is 11.3 Å². The summed E-state index contributed by atoms with van der Waals surface area (Å²) < 4.78 is 61.4. The SMILES string of the molecule is C/C(=N\OCC1CC1)c1cc(Cl)ccc1C(F)(F)F.N=S(=O)=O. The zero-order valence-corrected chi connectivity index (χ0v) is 13.6. The van der Waals surface area contributed by atoms with E-state index in [1.54, 1.807) is 0 Å². The molecule has 0 heterocycles. The Morgan fingerprint density at radius 2 is 2.00 bits per heavy atom. The summed E-state index contributed by atoms with van der Waals surface area (Å²) in [7, 11) is -2.61. The van der Waals surface area contributed by atoms with Crippen LogP contribution >= 0.6 is 11.6 Å². The summed E-state index contributed by atoms with van der Waals surface area (Å²) in [5.74, 6) is 0.498. The van der Waals surface area contributed by atoms with Crippen LogP contribution in [-0.2, 0) is 21.5 Å². The van der Waals surface area contributed by atoms with Gasteiger partial charge in [-0.3, -0.25) is 0 Å². The van der Waals surface area contributed by atoms with E-state index in [0.717, 1.165) is 18.9 Å². The van der Waals surface area contributed by atoms with E-state index < -0.39 is 22.2 Å². The Hall–Kier alpha value is -1.61. The van der Waals surface area contributed by atoms with Gasteiger partial charge in [-0.25, -0.2) is 0 Å². The molecule has 10 heteroatoms. The zero-order chi connectivity index (χ0) is 17.6. The molecule has 0 aromatic heterocycles. The molecule has 0 bridgehead atoms. The molecular formula is C13H14ClF3N2O3S. The summed E-state index contributed by atoms with van der Waals surface area (Å²) in [6, 6.07) is 3.42. The fraction of sp³-hybridized carbons (Fsp3) is 0.462. The molecule has 1 aromatic rings. The van der Waals surface area contributed by atoms with Crippen molar-refractivity contribution in [2.75, 3.05) is 6.61 Å². The Labute approximate surface area is 137 Å². The molecule has 1 fully saturated rings. The smallest absolute Gasteiger partial charge is 0.395 e. The molecule has 0 unspecified atom stereocenters. The van der Waals surface area contributed by atoms with Crippen molar-refractivity contribution < 1.29 is 26.4 Å². The standard InChI is InChI=1S/C13H13ClF3NO.HNO2S/c1-8(18-19-7-9-2-3-9)11-6-10(14)4-5-12(11)13(15,16)17;1-4(2)3/h4-6,9H,2-3,7H2,1H3;1H/b18-8+;. The van der Waals surface area contributed by atoms with Gasteiger partial charge in [0, 0.05) is 10.6 Å². The lowest BCUT2D eigenvalue weighted by atomic mass is 10.0. The minimum absolute atomic E-state index is 0.0456. The first-order chi connectivity index (χ1) is 10.6. The molecule has 0 radical (unpaired) electrons. The molecule has 0 spiro atoms. The van der Waals surface area contributed by atoms with Gasteiger partial charge >= 0.3 is 16.7 Å². The van der Waals surface area contributed by atoms with E-state index in [1.165, 1.54) is 19.1 Å². The molecule has 2 rings (SSSR count).